The maximum atomic E-state index is 12.1. The van der Waals surface area contributed by atoms with E-state index in [-0.39, 0.29) is 30.1 Å². The van der Waals surface area contributed by atoms with E-state index in [2.05, 4.69) is 33.7 Å². The molecule has 0 fully saturated rings. The molecule has 9 heteroatoms. The van der Waals surface area contributed by atoms with Crippen LogP contribution in [0.2, 0.25) is 0 Å². The molecule has 0 saturated heterocycles. The van der Waals surface area contributed by atoms with Crippen molar-refractivity contribution in [3.63, 3.8) is 0 Å². The van der Waals surface area contributed by atoms with Crippen LogP contribution in [0.25, 0.3) is 0 Å². The lowest BCUT2D eigenvalue weighted by Gasteiger charge is -2.26. The average Bonchev–Trinajstić information content (AvgIpc) is 2.89. The van der Waals surface area contributed by atoms with Crippen LogP contribution in [0.15, 0.2) is 11.1 Å². The molecule has 0 aliphatic heterocycles. The lowest BCUT2D eigenvalue weighted by atomic mass is 10.2. The molecule has 0 atom stereocenters. The number of carbonyl (C=O) groups is 1. The van der Waals surface area contributed by atoms with E-state index < -0.39 is 5.60 Å². The predicted octanol–water partition coefficient (Wildman–Crippen LogP) is 2.93. The summed E-state index contributed by atoms with van der Waals surface area (Å²) in [5.74, 6) is 0.726. The van der Waals surface area contributed by atoms with E-state index in [0.29, 0.717) is 19.6 Å². The first-order valence-corrected chi connectivity index (χ1v) is 9.59. The molecule has 2 N–H and O–H groups in total. The largest absolute Gasteiger partial charge is 0.444 e. The minimum Gasteiger partial charge on any atom is -0.444 e. The number of halogens is 1. The number of carbonyl (C=O) groups excluding carboxylic acids is 1. The first-order chi connectivity index (χ1) is 12.7. The van der Waals surface area contributed by atoms with Crippen molar-refractivity contribution < 1.29 is 9.53 Å². The highest BCUT2D eigenvalue weighted by atomic mass is 127. The van der Waals surface area contributed by atoms with E-state index in [9.17, 15) is 4.79 Å². The number of aliphatic imine (C=N–C) groups is 1. The maximum Gasteiger partial charge on any atom is 0.410 e. The van der Waals surface area contributed by atoms with Crippen LogP contribution in [-0.4, -0.2) is 65.6 Å². The van der Waals surface area contributed by atoms with Crippen LogP contribution >= 0.6 is 24.0 Å². The Morgan fingerprint density at radius 1 is 1.29 bits per heavy atom. The molecule has 0 bridgehead atoms. The molecule has 0 unspecified atom stereocenters. The monoisotopic (exact) mass is 508 g/mol. The second-order valence-electron chi connectivity index (χ2n) is 7.49. The van der Waals surface area contributed by atoms with Crippen molar-refractivity contribution in [2.24, 2.45) is 4.99 Å². The highest BCUT2D eigenvalue weighted by molar-refractivity contribution is 14.0. The smallest absolute Gasteiger partial charge is 0.410 e. The van der Waals surface area contributed by atoms with E-state index in [0.717, 1.165) is 31.2 Å². The summed E-state index contributed by atoms with van der Waals surface area (Å²) in [7, 11) is 1.74. The highest BCUT2D eigenvalue weighted by Crippen LogP contribution is 2.09. The summed E-state index contributed by atoms with van der Waals surface area (Å²) in [6, 6.07) is 2.08. The third kappa shape index (κ3) is 10.1. The van der Waals surface area contributed by atoms with Crippen molar-refractivity contribution in [3.05, 3.63) is 17.5 Å². The molecule has 8 nitrogen and oxygen atoms in total. The molecule has 1 aromatic rings. The molecule has 1 rings (SSSR count). The molecule has 0 aromatic carbocycles. The van der Waals surface area contributed by atoms with Crippen LogP contribution in [0.5, 0.6) is 0 Å². The van der Waals surface area contributed by atoms with E-state index in [1.165, 1.54) is 5.69 Å². The van der Waals surface area contributed by atoms with Gasteiger partial charge in [0.2, 0.25) is 0 Å². The zero-order chi connectivity index (χ0) is 20.4. The molecular weight excluding hydrogens is 471 g/mol. The van der Waals surface area contributed by atoms with Crippen molar-refractivity contribution >= 4 is 36.0 Å². The van der Waals surface area contributed by atoms with Gasteiger partial charge in [-0.15, -0.1) is 24.0 Å². The van der Waals surface area contributed by atoms with Gasteiger partial charge in [-0.2, -0.15) is 5.10 Å². The second kappa shape index (κ2) is 12.8. The van der Waals surface area contributed by atoms with Gasteiger partial charge in [-0.25, -0.2) is 4.79 Å². The Balaban J connectivity index is 0.00000729. The molecule has 1 amide bonds. The Morgan fingerprint density at radius 3 is 2.43 bits per heavy atom. The van der Waals surface area contributed by atoms with Gasteiger partial charge in [0.1, 0.15) is 5.60 Å². The van der Waals surface area contributed by atoms with E-state index in [1.807, 2.05) is 39.3 Å². The number of nitrogens with zero attached hydrogens (tertiary/aromatic N) is 4. The molecule has 0 saturated carbocycles. The minimum absolute atomic E-state index is 0. The summed E-state index contributed by atoms with van der Waals surface area (Å²) in [5, 5.41) is 11.0. The number of aromatic nitrogens is 2. The third-order valence-electron chi connectivity index (χ3n) is 3.87. The van der Waals surface area contributed by atoms with E-state index in [1.54, 1.807) is 11.9 Å². The number of amides is 1. The minimum atomic E-state index is -0.485. The van der Waals surface area contributed by atoms with Crippen LogP contribution in [0.3, 0.4) is 0 Å². The lowest BCUT2D eigenvalue weighted by molar-refractivity contribution is 0.0264. The van der Waals surface area contributed by atoms with E-state index in [4.69, 9.17) is 4.74 Å². The van der Waals surface area contributed by atoms with Crippen LogP contribution in [-0.2, 0) is 11.3 Å². The van der Waals surface area contributed by atoms with Gasteiger partial charge in [-0.1, -0.05) is 0 Å². The third-order valence-corrected chi connectivity index (χ3v) is 3.87. The average molecular weight is 508 g/mol. The van der Waals surface area contributed by atoms with Gasteiger partial charge >= 0.3 is 6.09 Å². The molecule has 162 valence electrons. The summed E-state index contributed by atoms with van der Waals surface area (Å²) in [6.45, 7) is 15.0. The van der Waals surface area contributed by atoms with Gasteiger partial charge in [-0.3, -0.25) is 9.67 Å². The quantitative estimate of drug-likeness (QED) is 0.244. The van der Waals surface area contributed by atoms with Crippen LogP contribution < -0.4 is 10.6 Å². The molecule has 1 heterocycles. The zero-order valence-electron chi connectivity index (χ0n) is 18.3. The van der Waals surface area contributed by atoms with Gasteiger partial charge in [0.15, 0.2) is 5.96 Å². The normalized spacial score (nSPS) is 11.6. The van der Waals surface area contributed by atoms with E-state index >= 15 is 0 Å². The van der Waals surface area contributed by atoms with Gasteiger partial charge in [0.25, 0.3) is 0 Å². The zero-order valence-corrected chi connectivity index (χ0v) is 20.7. The number of guanidine groups is 1. The number of hydrogen-bond acceptors (Lipinski definition) is 4. The van der Waals surface area contributed by atoms with Crippen molar-refractivity contribution in [1.82, 2.24) is 25.3 Å². The lowest BCUT2D eigenvalue weighted by Crippen LogP contribution is -2.44. The standard InChI is InChI=1S/C19H36N6O2.HI/c1-8-24(18(26)27-19(4,5)6)13-11-22-17(20-7)21-10-9-12-25-16(3)14-15(2)23-25;/h14H,8-13H2,1-7H3,(H2,20,21,22);1H. The Morgan fingerprint density at radius 2 is 1.93 bits per heavy atom. The first kappa shape index (κ1) is 26.5. The second-order valence-corrected chi connectivity index (χ2v) is 7.49. The molecule has 0 aliphatic rings. The topological polar surface area (TPSA) is 83.8 Å². The van der Waals surface area contributed by atoms with Gasteiger partial charge in [-0.05, 0) is 54.0 Å². The first-order valence-electron chi connectivity index (χ1n) is 9.59. The van der Waals surface area contributed by atoms with Crippen molar-refractivity contribution in [3.8, 4) is 0 Å². The van der Waals surface area contributed by atoms with Crippen molar-refractivity contribution in [2.45, 2.75) is 60.1 Å². The summed E-state index contributed by atoms with van der Waals surface area (Å²) in [5.41, 5.74) is 1.74. The number of rotatable bonds is 8. The summed E-state index contributed by atoms with van der Waals surface area (Å²) >= 11 is 0. The summed E-state index contributed by atoms with van der Waals surface area (Å²) in [4.78, 5) is 18.0. The Hall–Kier alpha value is -1.52. The summed E-state index contributed by atoms with van der Waals surface area (Å²) < 4.78 is 7.43. The number of nitrogens with one attached hydrogen (secondary N) is 2. The van der Waals surface area contributed by atoms with Crippen molar-refractivity contribution in [1.29, 1.82) is 0 Å². The van der Waals surface area contributed by atoms with Crippen LogP contribution in [0, 0.1) is 13.8 Å². The fourth-order valence-electron chi connectivity index (χ4n) is 2.57. The molecule has 0 spiro atoms. The number of ether oxygens (including phenoxy) is 1. The molecule has 28 heavy (non-hydrogen) atoms. The Kier molecular flexibility index (Phi) is 12.1. The Labute approximate surface area is 186 Å². The molecule has 0 aliphatic carbocycles. The van der Waals surface area contributed by atoms with Gasteiger partial charge in [0.05, 0.1) is 5.69 Å². The number of likely N-dealkylation sites (N-methyl/N-ethyl adjacent to an activating group) is 1. The van der Waals surface area contributed by atoms with Gasteiger partial charge < -0.3 is 20.3 Å². The fraction of sp³-hybridized carbons (Fsp3) is 0.737. The summed E-state index contributed by atoms with van der Waals surface area (Å²) in [6.07, 6.45) is 0.654. The number of aryl methyl sites for hydroxylation is 3. The Bertz CT molecular complexity index is 624. The molecular formula is C19H37IN6O2. The van der Waals surface area contributed by atoms with Crippen LogP contribution in [0.1, 0.15) is 45.5 Å². The highest BCUT2D eigenvalue weighted by Gasteiger charge is 2.20. The van der Waals surface area contributed by atoms with Crippen LogP contribution in [0.4, 0.5) is 4.79 Å². The molecule has 1 aromatic heterocycles. The maximum absolute atomic E-state index is 12.1. The molecule has 0 radical (unpaired) electrons. The fourth-order valence-corrected chi connectivity index (χ4v) is 2.57. The van der Waals surface area contributed by atoms with Crippen molar-refractivity contribution in [2.75, 3.05) is 33.2 Å². The SMILES string of the molecule is CCN(CCNC(=NC)NCCCn1nc(C)cc1C)C(=O)OC(C)(C)C.I. The predicted molar refractivity (Wildman–Crippen MR) is 125 cm³/mol. The number of hydrogen-bond donors (Lipinski definition) is 2. The van der Waals surface area contributed by atoms with Gasteiger partial charge in [0, 0.05) is 45.5 Å².